The Morgan fingerprint density at radius 3 is 2.76 bits per heavy atom. The maximum absolute atomic E-state index is 12.2. The largest absolute Gasteiger partial charge is 0.330 e. The fourth-order valence-corrected chi connectivity index (χ4v) is 4.38. The number of amides is 1. The molecule has 11 heteroatoms. The van der Waals surface area contributed by atoms with E-state index in [-0.39, 0.29) is 17.3 Å². The standard InChI is InChI=1S/C18H16BrN5O3S2/c1-10-4-3-5-14(11(10)2)21-17-22-23-18(29-17)28-9-16(25)20-15-7-6-12(24(26)27)8-13(15)19/h3-8H,9H2,1-2H3,(H,20,25)(H,21,22). The lowest BCUT2D eigenvalue weighted by Gasteiger charge is -2.08. The van der Waals surface area contributed by atoms with Crippen LogP contribution in [0.2, 0.25) is 0 Å². The predicted molar refractivity (Wildman–Crippen MR) is 119 cm³/mol. The van der Waals surface area contributed by atoms with Crippen molar-refractivity contribution < 1.29 is 9.72 Å². The first kappa shape index (κ1) is 21.2. The van der Waals surface area contributed by atoms with Crippen LogP contribution < -0.4 is 10.6 Å². The molecule has 0 atom stereocenters. The van der Waals surface area contributed by atoms with Crippen LogP contribution in [0.3, 0.4) is 0 Å². The van der Waals surface area contributed by atoms with Crippen LogP contribution in [0.25, 0.3) is 0 Å². The molecule has 8 nitrogen and oxygen atoms in total. The molecule has 29 heavy (non-hydrogen) atoms. The van der Waals surface area contributed by atoms with Gasteiger partial charge in [-0.2, -0.15) is 0 Å². The van der Waals surface area contributed by atoms with Gasteiger partial charge in [0.15, 0.2) is 4.34 Å². The van der Waals surface area contributed by atoms with Crippen molar-refractivity contribution in [1.29, 1.82) is 0 Å². The first-order valence-electron chi connectivity index (χ1n) is 8.37. The van der Waals surface area contributed by atoms with Crippen molar-refractivity contribution in [2.24, 2.45) is 0 Å². The summed E-state index contributed by atoms with van der Waals surface area (Å²) < 4.78 is 1.11. The Morgan fingerprint density at radius 2 is 2.03 bits per heavy atom. The van der Waals surface area contributed by atoms with Crippen LogP contribution in [0.5, 0.6) is 0 Å². The molecule has 1 aromatic heterocycles. The fraction of sp³-hybridized carbons (Fsp3) is 0.167. The molecule has 0 unspecified atom stereocenters. The molecule has 1 amide bonds. The molecule has 0 aliphatic rings. The lowest BCUT2D eigenvalue weighted by Crippen LogP contribution is -2.14. The van der Waals surface area contributed by atoms with E-state index in [1.807, 2.05) is 32.0 Å². The zero-order chi connectivity index (χ0) is 21.0. The first-order valence-corrected chi connectivity index (χ1v) is 11.0. The number of aromatic nitrogens is 2. The zero-order valence-electron chi connectivity index (χ0n) is 15.4. The Balaban J connectivity index is 1.56. The van der Waals surface area contributed by atoms with Crippen LogP contribution in [0, 0.1) is 24.0 Å². The summed E-state index contributed by atoms with van der Waals surface area (Å²) in [5.74, 6) is -0.106. The molecule has 150 valence electrons. The van der Waals surface area contributed by atoms with Crippen LogP contribution in [-0.4, -0.2) is 26.8 Å². The van der Waals surface area contributed by atoms with E-state index in [1.54, 1.807) is 0 Å². The lowest BCUT2D eigenvalue weighted by molar-refractivity contribution is -0.384. The van der Waals surface area contributed by atoms with Gasteiger partial charge in [0.1, 0.15) is 0 Å². The minimum absolute atomic E-state index is 0.0537. The number of halogens is 1. The number of nitrogens with one attached hydrogen (secondary N) is 2. The third-order valence-corrected chi connectivity index (χ3v) is 6.65. The van der Waals surface area contributed by atoms with Crippen LogP contribution >= 0.6 is 39.0 Å². The normalized spacial score (nSPS) is 10.6. The molecule has 3 aromatic rings. The number of anilines is 3. The number of nitrogens with zero attached hydrogens (tertiary/aromatic N) is 3. The lowest BCUT2D eigenvalue weighted by atomic mass is 10.1. The van der Waals surface area contributed by atoms with Gasteiger partial charge in [-0.3, -0.25) is 14.9 Å². The molecule has 2 aromatic carbocycles. The van der Waals surface area contributed by atoms with E-state index in [0.717, 1.165) is 11.3 Å². The molecule has 0 aliphatic carbocycles. The van der Waals surface area contributed by atoms with E-state index >= 15 is 0 Å². The summed E-state index contributed by atoms with van der Waals surface area (Å²) in [5.41, 5.74) is 3.71. The molecular formula is C18H16BrN5O3S2. The Kier molecular flexibility index (Phi) is 6.83. The van der Waals surface area contributed by atoms with Gasteiger partial charge in [-0.15, -0.1) is 10.2 Å². The van der Waals surface area contributed by atoms with Gasteiger partial charge in [-0.25, -0.2) is 0 Å². The van der Waals surface area contributed by atoms with Crippen molar-refractivity contribution in [2.45, 2.75) is 18.2 Å². The highest BCUT2D eigenvalue weighted by molar-refractivity contribution is 9.10. The third-order valence-electron chi connectivity index (χ3n) is 4.02. The minimum atomic E-state index is -0.494. The highest BCUT2D eigenvalue weighted by Gasteiger charge is 2.13. The molecule has 0 bridgehead atoms. The third kappa shape index (κ3) is 5.52. The van der Waals surface area contributed by atoms with E-state index in [0.29, 0.717) is 19.6 Å². The topological polar surface area (TPSA) is 110 Å². The van der Waals surface area contributed by atoms with Gasteiger partial charge in [0, 0.05) is 22.3 Å². The molecule has 0 spiro atoms. The van der Waals surface area contributed by atoms with Crippen LogP contribution in [0.4, 0.5) is 22.2 Å². The summed E-state index contributed by atoms with van der Waals surface area (Å²) in [4.78, 5) is 22.5. The van der Waals surface area contributed by atoms with Crippen molar-refractivity contribution in [3.05, 3.63) is 62.1 Å². The highest BCUT2D eigenvalue weighted by atomic mass is 79.9. The Labute approximate surface area is 183 Å². The summed E-state index contributed by atoms with van der Waals surface area (Å²) in [6, 6.07) is 10.2. The number of thioether (sulfide) groups is 1. The average molecular weight is 494 g/mol. The average Bonchev–Trinajstić information content (AvgIpc) is 3.13. The number of hydrogen-bond acceptors (Lipinski definition) is 8. The second-order valence-electron chi connectivity index (χ2n) is 6.00. The van der Waals surface area contributed by atoms with Gasteiger partial charge in [0.25, 0.3) is 5.69 Å². The summed E-state index contributed by atoms with van der Waals surface area (Å²) in [6.45, 7) is 4.08. The van der Waals surface area contributed by atoms with E-state index in [2.05, 4.69) is 36.8 Å². The molecule has 0 saturated heterocycles. The SMILES string of the molecule is Cc1cccc(Nc2nnc(SCC(=O)Nc3ccc([N+](=O)[O-])cc3Br)s2)c1C. The quantitative estimate of drug-likeness (QED) is 0.261. The van der Waals surface area contributed by atoms with E-state index < -0.39 is 4.92 Å². The Morgan fingerprint density at radius 1 is 1.24 bits per heavy atom. The zero-order valence-corrected chi connectivity index (χ0v) is 18.7. The molecule has 0 radical (unpaired) electrons. The summed E-state index contributed by atoms with van der Waals surface area (Å²) >= 11 is 5.87. The number of benzene rings is 2. The maximum atomic E-state index is 12.2. The van der Waals surface area contributed by atoms with E-state index in [9.17, 15) is 14.9 Å². The molecule has 2 N–H and O–H groups in total. The van der Waals surface area contributed by atoms with Crippen molar-refractivity contribution in [3.63, 3.8) is 0 Å². The Bertz CT molecular complexity index is 1070. The van der Waals surface area contributed by atoms with Gasteiger partial charge in [0.05, 0.1) is 16.4 Å². The molecule has 0 aliphatic heterocycles. The molecular weight excluding hydrogens is 478 g/mol. The van der Waals surface area contributed by atoms with Crippen molar-refractivity contribution >= 4 is 67.1 Å². The van der Waals surface area contributed by atoms with Gasteiger partial charge >= 0.3 is 0 Å². The minimum Gasteiger partial charge on any atom is -0.330 e. The van der Waals surface area contributed by atoms with Gasteiger partial charge in [0.2, 0.25) is 11.0 Å². The van der Waals surface area contributed by atoms with Crippen molar-refractivity contribution in [1.82, 2.24) is 10.2 Å². The predicted octanol–water partition coefficient (Wildman–Crippen LogP) is 5.30. The van der Waals surface area contributed by atoms with Crippen LogP contribution in [0.1, 0.15) is 11.1 Å². The number of hydrogen-bond donors (Lipinski definition) is 2. The summed E-state index contributed by atoms with van der Waals surface area (Å²) in [5, 5.41) is 25.6. The van der Waals surface area contributed by atoms with E-state index in [4.69, 9.17) is 0 Å². The second-order valence-corrected chi connectivity index (χ2v) is 9.06. The number of nitro groups is 1. The van der Waals surface area contributed by atoms with Crippen molar-refractivity contribution in [3.8, 4) is 0 Å². The smallest absolute Gasteiger partial charge is 0.270 e. The van der Waals surface area contributed by atoms with E-state index in [1.165, 1.54) is 46.9 Å². The van der Waals surface area contributed by atoms with Gasteiger partial charge in [-0.05, 0) is 53.0 Å². The second kappa shape index (κ2) is 9.33. The number of non-ortho nitro benzene ring substituents is 1. The molecule has 0 saturated carbocycles. The van der Waals surface area contributed by atoms with Crippen molar-refractivity contribution in [2.75, 3.05) is 16.4 Å². The number of nitro benzene ring substituents is 1. The number of carbonyl (C=O) groups excluding carboxylic acids is 1. The summed E-state index contributed by atoms with van der Waals surface area (Å²) in [6.07, 6.45) is 0. The summed E-state index contributed by atoms with van der Waals surface area (Å²) in [7, 11) is 0. The van der Waals surface area contributed by atoms with Gasteiger partial charge in [-0.1, -0.05) is 35.2 Å². The van der Waals surface area contributed by atoms with Crippen LogP contribution in [-0.2, 0) is 4.79 Å². The number of rotatable bonds is 7. The van der Waals surface area contributed by atoms with Crippen LogP contribution in [0.15, 0.2) is 45.2 Å². The Hall–Kier alpha value is -2.50. The monoisotopic (exact) mass is 493 g/mol. The molecule has 0 fully saturated rings. The number of aryl methyl sites for hydroxylation is 1. The fourth-order valence-electron chi connectivity index (χ4n) is 2.35. The van der Waals surface area contributed by atoms with Gasteiger partial charge < -0.3 is 10.6 Å². The molecule has 3 rings (SSSR count). The highest BCUT2D eigenvalue weighted by Crippen LogP contribution is 2.30. The number of carbonyl (C=O) groups is 1. The first-order chi connectivity index (χ1) is 13.8. The molecule has 1 heterocycles. The maximum Gasteiger partial charge on any atom is 0.270 e.